The molecule has 0 amide bonds. The number of hydrogen-bond acceptors (Lipinski definition) is 7. The minimum Gasteiger partial charge on any atom is -0.478 e. The third kappa shape index (κ3) is 4.96. The van der Waals surface area contributed by atoms with Crippen molar-refractivity contribution < 1.29 is 23.8 Å². The summed E-state index contributed by atoms with van der Waals surface area (Å²) < 4.78 is 13.0. The number of allylic oxidation sites excluding steroid dienone is 1. The zero-order chi connectivity index (χ0) is 27.8. The van der Waals surface area contributed by atoms with Crippen molar-refractivity contribution in [2.24, 2.45) is 4.99 Å². The van der Waals surface area contributed by atoms with E-state index >= 15 is 0 Å². The molecule has 5 rings (SSSR count). The van der Waals surface area contributed by atoms with Crippen LogP contribution in [0.4, 0.5) is 0 Å². The van der Waals surface area contributed by atoms with Gasteiger partial charge in [-0.25, -0.2) is 14.6 Å². The lowest BCUT2D eigenvalue weighted by molar-refractivity contribution is -0.139. The van der Waals surface area contributed by atoms with E-state index in [0.29, 0.717) is 47.7 Å². The maximum Gasteiger partial charge on any atom is 0.338 e. The number of hydrogen-bond donors (Lipinski definition) is 1. The number of carbonyl (C=O) groups is 2. The molecule has 0 saturated carbocycles. The lowest BCUT2D eigenvalue weighted by Gasteiger charge is -2.25. The van der Waals surface area contributed by atoms with Crippen molar-refractivity contribution in [1.82, 2.24) is 4.57 Å². The van der Waals surface area contributed by atoms with E-state index < -0.39 is 18.0 Å². The molecular weight excluding hydrogens is 563 g/mol. The summed E-state index contributed by atoms with van der Waals surface area (Å²) in [6.07, 6.45) is 1.56. The lowest BCUT2D eigenvalue weighted by Crippen LogP contribution is -2.40. The average Bonchev–Trinajstić information content (AvgIpc) is 3.48. The van der Waals surface area contributed by atoms with E-state index in [1.54, 1.807) is 56.3 Å². The van der Waals surface area contributed by atoms with Crippen LogP contribution in [0.2, 0.25) is 10.0 Å². The van der Waals surface area contributed by atoms with E-state index in [1.807, 2.05) is 0 Å². The van der Waals surface area contributed by atoms with Gasteiger partial charge in [-0.05, 0) is 55.8 Å². The quantitative estimate of drug-likeness (QED) is 0.318. The van der Waals surface area contributed by atoms with Crippen LogP contribution in [-0.4, -0.2) is 28.2 Å². The molecule has 0 aliphatic carbocycles. The number of benzene rings is 2. The number of aromatic nitrogens is 1. The van der Waals surface area contributed by atoms with E-state index in [4.69, 9.17) is 32.4 Å². The Morgan fingerprint density at radius 3 is 2.64 bits per heavy atom. The number of carboxylic acids is 1. The molecule has 0 unspecified atom stereocenters. The number of fused-ring (bicyclic) bond motifs is 1. The van der Waals surface area contributed by atoms with Crippen molar-refractivity contribution in [1.29, 1.82) is 0 Å². The van der Waals surface area contributed by atoms with Crippen LogP contribution < -0.4 is 14.9 Å². The molecule has 2 aromatic carbocycles. The normalized spacial score (nSPS) is 15.2. The second-order valence-electron chi connectivity index (χ2n) is 8.53. The van der Waals surface area contributed by atoms with Crippen molar-refractivity contribution in [3.05, 3.63) is 112 Å². The van der Waals surface area contributed by atoms with Gasteiger partial charge in [0.2, 0.25) is 0 Å². The number of ether oxygens (including phenoxy) is 1. The highest BCUT2D eigenvalue weighted by Crippen LogP contribution is 2.34. The summed E-state index contributed by atoms with van der Waals surface area (Å²) in [5, 5.41) is 10.0. The topological polar surface area (TPSA) is 111 Å². The fraction of sp³-hybridized carbons (Fsp3) is 0.143. The Labute approximate surface area is 235 Å². The maximum absolute atomic E-state index is 13.7. The molecular formula is C28H20Cl2N2O6S. The van der Waals surface area contributed by atoms with Gasteiger partial charge in [-0.1, -0.05) is 52.7 Å². The molecule has 0 saturated heterocycles. The average molecular weight is 583 g/mol. The highest BCUT2D eigenvalue weighted by atomic mass is 35.5. The molecule has 0 bridgehead atoms. The Kier molecular flexibility index (Phi) is 7.31. The van der Waals surface area contributed by atoms with Crippen LogP contribution in [-0.2, 0) is 9.53 Å². The van der Waals surface area contributed by atoms with E-state index in [1.165, 1.54) is 22.8 Å². The maximum atomic E-state index is 13.7. The first kappa shape index (κ1) is 26.7. The van der Waals surface area contributed by atoms with Crippen molar-refractivity contribution in [3.63, 3.8) is 0 Å². The molecule has 1 atom stereocenters. The second-order valence-corrected chi connectivity index (χ2v) is 10.3. The van der Waals surface area contributed by atoms with E-state index in [-0.39, 0.29) is 23.3 Å². The number of nitrogens with zero attached hydrogens (tertiary/aromatic N) is 2. The Hall–Kier alpha value is -3.92. The Morgan fingerprint density at radius 1 is 1.15 bits per heavy atom. The molecule has 198 valence electrons. The summed E-state index contributed by atoms with van der Waals surface area (Å²) in [6, 6.07) is 13.8. The van der Waals surface area contributed by atoms with Crippen LogP contribution in [0.5, 0.6) is 0 Å². The van der Waals surface area contributed by atoms with Gasteiger partial charge >= 0.3 is 11.9 Å². The SMILES string of the molecule is CCOC(=O)C1=C(C)N=c2s/c(=C\c3ccc(-c4cc(C(=O)O)ccc4Cl)o3)c(=O)n2[C@@H]1c1ccccc1Cl. The Bertz CT molecular complexity index is 1850. The van der Waals surface area contributed by atoms with Gasteiger partial charge in [0.05, 0.1) is 33.0 Å². The minimum atomic E-state index is -1.09. The molecule has 39 heavy (non-hydrogen) atoms. The number of esters is 1. The van der Waals surface area contributed by atoms with Crippen LogP contribution in [0.15, 0.2) is 80.1 Å². The zero-order valence-electron chi connectivity index (χ0n) is 20.6. The number of thiazole rings is 1. The van der Waals surface area contributed by atoms with Crippen LogP contribution in [0.25, 0.3) is 17.4 Å². The monoisotopic (exact) mass is 582 g/mol. The van der Waals surface area contributed by atoms with E-state index in [0.717, 1.165) is 11.3 Å². The van der Waals surface area contributed by atoms with Crippen LogP contribution >= 0.6 is 34.5 Å². The predicted octanol–water partition coefficient (Wildman–Crippen LogP) is 5.06. The predicted molar refractivity (Wildman–Crippen MR) is 148 cm³/mol. The highest BCUT2D eigenvalue weighted by Gasteiger charge is 2.34. The first-order chi connectivity index (χ1) is 18.7. The van der Waals surface area contributed by atoms with Crippen LogP contribution in [0.1, 0.15) is 41.6 Å². The van der Waals surface area contributed by atoms with E-state index in [2.05, 4.69) is 4.99 Å². The van der Waals surface area contributed by atoms with Gasteiger partial charge in [-0.15, -0.1) is 0 Å². The molecule has 1 N–H and O–H groups in total. The minimum absolute atomic E-state index is 0.0630. The van der Waals surface area contributed by atoms with Gasteiger partial charge in [0.15, 0.2) is 4.80 Å². The highest BCUT2D eigenvalue weighted by molar-refractivity contribution is 7.07. The van der Waals surface area contributed by atoms with Crippen molar-refractivity contribution >= 4 is 52.6 Å². The van der Waals surface area contributed by atoms with Gasteiger partial charge in [0, 0.05) is 16.7 Å². The lowest BCUT2D eigenvalue weighted by atomic mass is 9.96. The van der Waals surface area contributed by atoms with Gasteiger partial charge in [0.1, 0.15) is 17.6 Å². The van der Waals surface area contributed by atoms with Crippen LogP contribution in [0.3, 0.4) is 0 Å². The Morgan fingerprint density at radius 2 is 1.92 bits per heavy atom. The molecule has 1 aliphatic rings. The smallest absolute Gasteiger partial charge is 0.338 e. The standard InChI is InChI=1S/C28H20Cl2N2O6S/c1-3-37-27(36)23-14(2)31-28-32(24(23)17-6-4-5-7-19(17)29)25(33)22(39-28)13-16-9-11-21(38-16)18-12-15(26(34)35)8-10-20(18)30/h4-13,24H,3H2,1-2H3,(H,34,35)/b22-13-/t24-/m1/s1. The summed E-state index contributed by atoms with van der Waals surface area (Å²) in [5.41, 5.74) is 1.31. The number of carbonyl (C=O) groups excluding carboxylic acids is 1. The van der Waals surface area contributed by atoms with Gasteiger partial charge in [-0.3, -0.25) is 9.36 Å². The van der Waals surface area contributed by atoms with Crippen molar-refractivity contribution in [2.45, 2.75) is 19.9 Å². The fourth-order valence-corrected chi connectivity index (χ4v) is 5.81. The molecule has 11 heteroatoms. The first-order valence-corrected chi connectivity index (χ1v) is 13.3. The molecule has 0 fully saturated rings. The third-order valence-corrected chi connectivity index (χ3v) is 7.75. The number of aromatic carboxylic acids is 1. The number of rotatable bonds is 6. The van der Waals surface area contributed by atoms with E-state index in [9.17, 15) is 19.5 Å². The molecule has 3 heterocycles. The number of furan rings is 1. The van der Waals surface area contributed by atoms with Crippen molar-refractivity contribution in [2.75, 3.05) is 6.61 Å². The Balaban J connectivity index is 1.64. The van der Waals surface area contributed by atoms with Crippen molar-refractivity contribution in [3.8, 4) is 11.3 Å². The molecule has 0 radical (unpaired) electrons. The molecule has 2 aromatic heterocycles. The summed E-state index contributed by atoms with van der Waals surface area (Å²) in [4.78, 5) is 43.0. The van der Waals surface area contributed by atoms with Gasteiger partial charge < -0.3 is 14.3 Å². The summed E-state index contributed by atoms with van der Waals surface area (Å²) in [6.45, 7) is 3.56. The number of carboxylic acid groups (broad SMARTS) is 1. The molecule has 0 spiro atoms. The number of halogens is 2. The summed E-state index contributed by atoms with van der Waals surface area (Å²) >= 11 is 13.9. The molecule has 4 aromatic rings. The first-order valence-electron chi connectivity index (χ1n) is 11.8. The zero-order valence-corrected chi connectivity index (χ0v) is 22.9. The summed E-state index contributed by atoms with van der Waals surface area (Å²) in [5.74, 6) is -0.973. The van der Waals surface area contributed by atoms with Gasteiger partial charge in [-0.2, -0.15) is 0 Å². The molecule has 8 nitrogen and oxygen atoms in total. The molecule has 1 aliphatic heterocycles. The second kappa shape index (κ2) is 10.7. The van der Waals surface area contributed by atoms with Gasteiger partial charge in [0.25, 0.3) is 5.56 Å². The fourth-order valence-electron chi connectivity index (χ4n) is 4.33. The van der Waals surface area contributed by atoms with Crippen LogP contribution in [0, 0.1) is 0 Å². The summed E-state index contributed by atoms with van der Waals surface area (Å²) in [7, 11) is 0. The largest absolute Gasteiger partial charge is 0.478 e. The third-order valence-electron chi connectivity index (χ3n) is 6.10.